The van der Waals surface area contributed by atoms with Gasteiger partial charge in [0, 0.05) is 19.1 Å². The van der Waals surface area contributed by atoms with E-state index in [2.05, 4.69) is 9.88 Å². The number of fused-ring (bicyclic) bond motifs is 1. The van der Waals surface area contributed by atoms with E-state index in [1.165, 1.54) is 0 Å². The number of rotatable bonds is 1. The van der Waals surface area contributed by atoms with Crippen LogP contribution in [0.5, 0.6) is 0 Å². The van der Waals surface area contributed by atoms with Gasteiger partial charge in [-0.1, -0.05) is 6.07 Å². The zero-order chi connectivity index (χ0) is 11.8. The molecule has 2 heterocycles. The van der Waals surface area contributed by atoms with Crippen molar-refractivity contribution in [2.45, 2.75) is 18.9 Å². The van der Waals surface area contributed by atoms with Crippen LogP contribution in [-0.4, -0.2) is 24.1 Å². The van der Waals surface area contributed by atoms with Crippen LogP contribution in [0.2, 0.25) is 0 Å². The maximum absolute atomic E-state index is 11.2. The molecule has 0 radical (unpaired) electrons. The van der Waals surface area contributed by atoms with Gasteiger partial charge in [0.15, 0.2) is 5.58 Å². The van der Waals surface area contributed by atoms with E-state index >= 15 is 0 Å². The SMILES string of the molecule is NC1CCN(c2cccc3[nH]c(=O)oc23)CC1. The average molecular weight is 233 g/mol. The Morgan fingerprint density at radius 2 is 2.12 bits per heavy atom. The van der Waals surface area contributed by atoms with Gasteiger partial charge < -0.3 is 15.1 Å². The Morgan fingerprint density at radius 3 is 2.88 bits per heavy atom. The Hall–Kier alpha value is -1.75. The van der Waals surface area contributed by atoms with Crippen LogP contribution < -0.4 is 16.4 Å². The number of nitrogens with one attached hydrogen (secondary N) is 1. The fourth-order valence-corrected chi connectivity index (χ4v) is 2.35. The maximum atomic E-state index is 11.2. The van der Waals surface area contributed by atoms with Crippen molar-refractivity contribution in [3.05, 3.63) is 28.7 Å². The minimum Gasteiger partial charge on any atom is -0.406 e. The molecule has 5 nitrogen and oxygen atoms in total. The summed E-state index contributed by atoms with van der Waals surface area (Å²) in [7, 11) is 0. The Balaban J connectivity index is 2.02. The molecule has 0 atom stereocenters. The standard InChI is InChI=1S/C12H15N3O2/c13-8-4-6-15(7-5-8)10-3-1-2-9-11(10)17-12(16)14-9/h1-3,8H,4-7,13H2,(H,14,16). The molecule has 5 heteroatoms. The Kier molecular flexibility index (Phi) is 2.40. The quantitative estimate of drug-likeness (QED) is 0.772. The monoisotopic (exact) mass is 233 g/mol. The molecule has 3 rings (SSSR count). The number of hydrogen-bond acceptors (Lipinski definition) is 4. The van der Waals surface area contributed by atoms with Crippen molar-refractivity contribution in [1.82, 2.24) is 4.98 Å². The fraction of sp³-hybridized carbons (Fsp3) is 0.417. The molecule has 0 amide bonds. The molecule has 0 aliphatic carbocycles. The normalized spacial score (nSPS) is 17.8. The number of aromatic amines is 1. The number of piperidine rings is 1. The molecule has 17 heavy (non-hydrogen) atoms. The summed E-state index contributed by atoms with van der Waals surface area (Å²) in [4.78, 5) is 16.1. The number of anilines is 1. The lowest BCUT2D eigenvalue weighted by atomic mass is 10.1. The molecule has 0 bridgehead atoms. The summed E-state index contributed by atoms with van der Waals surface area (Å²) in [6, 6.07) is 6.05. The van der Waals surface area contributed by atoms with E-state index < -0.39 is 5.76 Å². The van der Waals surface area contributed by atoms with Gasteiger partial charge in [-0.25, -0.2) is 4.79 Å². The van der Waals surface area contributed by atoms with E-state index in [0.717, 1.165) is 37.1 Å². The van der Waals surface area contributed by atoms with Crippen LogP contribution in [-0.2, 0) is 0 Å². The molecule has 1 aromatic heterocycles. The summed E-state index contributed by atoms with van der Waals surface area (Å²) in [5.41, 5.74) is 8.26. The predicted octanol–water partition coefficient (Wildman–Crippen LogP) is 1.05. The lowest BCUT2D eigenvalue weighted by molar-refractivity contribution is 0.497. The first-order chi connectivity index (χ1) is 8.24. The van der Waals surface area contributed by atoms with Gasteiger partial charge in [-0.15, -0.1) is 0 Å². The fourth-order valence-electron chi connectivity index (χ4n) is 2.35. The van der Waals surface area contributed by atoms with Crippen LogP contribution in [0.15, 0.2) is 27.4 Å². The summed E-state index contributed by atoms with van der Waals surface area (Å²) in [5.74, 6) is -0.402. The van der Waals surface area contributed by atoms with Gasteiger partial charge in [0.25, 0.3) is 0 Å². The van der Waals surface area contributed by atoms with E-state index in [-0.39, 0.29) is 0 Å². The molecular weight excluding hydrogens is 218 g/mol. The number of oxazole rings is 1. The maximum Gasteiger partial charge on any atom is 0.417 e. The van der Waals surface area contributed by atoms with E-state index in [4.69, 9.17) is 10.2 Å². The highest BCUT2D eigenvalue weighted by Crippen LogP contribution is 2.27. The highest BCUT2D eigenvalue weighted by molar-refractivity contribution is 5.86. The number of aromatic nitrogens is 1. The van der Waals surface area contributed by atoms with E-state index in [0.29, 0.717) is 11.6 Å². The molecule has 0 unspecified atom stereocenters. The first-order valence-electron chi connectivity index (χ1n) is 5.86. The third-order valence-corrected chi connectivity index (χ3v) is 3.31. The molecule has 2 aromatic rings. The second-order valence-electron chi connectivity index (χ2n) is 4.49. The van der Waals surface area contributed by atoms with Crippen molar-refractivity contribution in [1.29, 1.82) is 0 Å². The lowest BCUT2D eigenvalue weighted by Gasteiger charge is -2.31. The van der Waals surface area contributed by atoms with Gasteiger partial charge in [0.05, 0.1) is 11.2 Å². The van der Waals surface area contributed by atoms with Crippen LogP contribution in [0.3, 0.4) is 0 Å². The smallest absolute Gasteiger partial charge is 0.406 e. The summed E-state index contributed by atoms with van der Waals surface area (Å²) in [5, 5.41) is 0. The molecule has 1 aromatic carbocycles. The summed E-state index contributed by atoms with van der Waals surface area (Å²) >= 11 is 0. The topological polar surface area (TPSA) is 75.3 Å². The zero-order valence-electron chi connectivity index (χ0n) is 9.48. The molecule has 1 saturated heterocycles. The highest BCUT2D eigenvalue weighted by Gasteiger charge is 2.19. The van der Waals surface area contributed by atoms with Crippen molar-refractivity contribution in [2.24, 2.45) is 5.73 Å². The third kappa shape index (κ3) is 1.82. The van der Waals surface area contributed by atoms with Crippen molar-refractivity contribution < 1.29 is 4.42 Å². The second kappa shape index (κ2) is 3.92. The van der Waals surface area contributed by atoms with Crippen LogP contribution >= 0.6 is 0 Å². The highest BCUT2D eigenvalue weighted by atomic mass is 16.4. The van der Waals surface area contributed by atoms with E-state index in [9.17, 15) is 4.79 Å². The summed E-state index contributed by atoms with van der Waals surface area (Å²) in [6.45, 7) is 1.82. The molecule has 3 N–H and O–H groups in total. The summed E-state index contributed by atoms with van der Waals surface area (Å²) < 4.78 is 5.20. The number of benzene rings is 1. The number of H-pyrrole nitrogens is 1. The minimum absolute atomic E-state index is 0.295. The van der Waals surface area contributed by atoms with Gasteiger partial charge >= 0.3 is 5.76 Å². The Morgan fingerprint density at radius 1 is 1.35 bits per heavy atom. The van der Waals surface area contributed by atoms with Crippen LogP contribution in [0.1, 0.15) is 12.8 Å². The minimum atomic E-state index is -0.402. The largest absolute Gasteiger partial charge is 0.417 e. The number of para-hydroxylation sites is 1. The molecular formula is C12H15N3O2. The molecule has 1 aliphatic rings. The van der Waals surface area contributed by atoms with Crippen molar-refractivity contribution in [3.8, 4) is 0 Å². The summed E-state index contributed by atoms with van der Waals surface area (Å²) in [6.07, 6.45) is 1.95. The number of nitrogens with two attached hydrogens (primary N) is 1. The first kappa shape index (κ1) is 10.4. The van der Waals surface area contributed by atoms with Gasteiger partial charge in [0.1, 0.15) is 0 Å². The van der Waals surface area contributed by atoms with Crippen molar-refractivity contribution in [3.63, 3.8) is 0 Å². The third-order valence-electron chi connectivity index (χ3n) is 3.31. The van der Waals surface area contributed by atoms with Crippen LogP contribution in [0.4, 0.5) is 5.69 Å². The van der Waals surface area contributed by atoms with Gasteiger partial charge in [-0.05, 0) is 25.0 Å². The van der Waals surface area contributed by atoms with E-state index in [1.807, 2.05) is 18.2 Å². The van der Waals surface area contributed by atoms with Crippen LogP contribution in [0, 0.1) is 0 Å². The molecule has 0 saturated carbocycles. The lowest BCUT2D eigenvalue weighted by Crippen LogP contribution is -2.39. The second-order valence-corrected chi connectivity index (χ2v) is 4.49. The zero-order valence-corrected chi connectivity index (χ0v) is 9.48. The predicted molar refractivity (Wildman–Crippen MR) is 66.3 cm³/mol. The molecule has 0 spiro atoms. The van der Waals surface area contributed by atoms with Crippen molar-refractivity contribution in [2.75, 3.05) is 18.0 Å². The van der Waals surface area contributed by atoms with Gasteiger partial charge in [-0.3, -0.25) is 4.98 Å². The number of nitrogens with zero attached hydrogens (tertiary/aromatic N) is 1. The number of hydrogen-bond donors (Lipinski definition) is 2. The van der Waals surface area contributed by atoms with Gasteiger partial charge in [0.2, 0.25) is 0 Å². The average Bonchev–Trinajstić information content (AvgIpc) is 2.70. The molecule has 90 valence electrons. The van der Waals surface area contributed by atoms with Gasteiger partial charge in [-0.2, -0.15) is 0 Å². The molecule has 1 fully saturated rings. The van der Waals surface area contributed by atoms with Crippen molar-refractivity contribution >= 4 is 16.8 Å². The first-order valence-corrected chi connectivity index (χ1v) is 5.86. The Labute approximate surface area is 98.2 Å². The van der Waals surface area contributed by atoms with Crippen LogP contribution in [0.25, 0.3) is 11.1 Å². The van der Waals surface area contributed by atoms with E-state index in [1.54, 1.807) is 0 Å². The molecule has 1 aliphatic heterocycles. The Bertz CT molecular complexity index is 579.